The minimum absolute atomic E-state index is 0.0928. The van der Waals surface area contributed by atoms with Crippen molar-refractivity contribution in [2.45, 2.75) is 26.3 Å². The van der Waals surface area contributed by atoms with E-state index in [0.717, 1.165) is 28.9 Å². The number of benzene rings is 1. The lowest BCUT2D eigenvalue weighted by Crippen LogP contribution is -2.29. The molecule has 134 valence electrons. The van der Waals surface area contributed by atoms with Gasteiger partial charge in [0.25, 0.3) is 5.91 Å². The maximum atomic E-state index is 12.8. The number of aryl methyl sites for hydroxylation is 2. The minimum Gasteiger partial charge on any atom is -0.383 e. The zero-order chi connectivity index (χ0) is 18.7. The fraction of sp³-hybridized carbons (Fsp3) is 0.250. The van der Waals surface area contributed by atoms with E-state index in [2.05, 4.69) is 15.4 Å². The Morgan fingerprint density at radius 2 is 2.08 bits per heavy atom. The lowest BCUT2D eigenvalue weighted by Gasteiger charge is -2.17. The van der Waals surface area contributed by atoms with Crippen LogP contribution in [0, 0.1) is 6.92 Å². The minimum atomic E-state index is -0.126. The van der Waals surface area contributed by atoms with Gasteiger partial charge in [0.15, 0.2) is 0 Å². The van der Waals surface area contributed by atoms with Crippen molar-refractivity contribution in [1.82, 2.24) is 20.1 Å². The number of pyridine rings is 1. The smallest absolute Gasteiger partial charge is 0.251 e. The summed E-state index contributed by atoms with van der Waals surface area (Å²) < 4.78 is 1.78. The molecule has 3 rings (SSSR count). The number of nitrogen functional groups attached to an aromatic ring is 1. The molecule has 1 unspecified atom stereocenters. The summed E-state index contributed by atoms with van der Waals surface area (Å²) in [6, 6.07) is 13.1. The molecule has 2 aromatic heterocycles. The van der Waals surface area contributed by atoms with Gasteiger partial charge in [-0.2, -0.15) is 5.10 Å². The molecule has 1 aromatic carbocycles. The van der Waals surface area contributed by atoms with Crippen molar-refractivity contribution in [2.24, 2.45) is 7.05 Å². The Morgan fingerprint density at radius 3 is 2.73 bits per heavy atom. The SMILES string of the molecule is CCC(NC(=O)c1cccc(-c2ccc(C)nc2N)c1)c1ccnn1C. The summed E-state index contributed by atoms with van der Waals surface area (Å²) in [5.41, 5.74) is 10.2. The van der Waals surface area contributed by atoms with Crippen LogP contribution in [0.5, 0.6) is 0 Å². The number of amides is 1. The molecule has 1 amide bonds. The van der Waals surface area contributed by atoms with Crippen molar-refractivity contribution >= 4 is 11.7 Å². The second kappa shape index (κ2) is 7.39. The first kappa shape index (κ1) is 17.7. The fourth-order valence-corrected chi connectivity index (χ4v) is 3.00. The second-order valence-corrected chi connectivity index (χ2v) is 6.28. The molecule has 0 radical (unpaired) electrons. The summed E-state index contributed by atoms with van der Waals surface area (Å²) in [7, 11) is 1.87. The predicted octanol–water partition coefficient (Wildman–Crippen LogP) is 3.25. The quantitative estimate of drug-likeness (QED) is 0.740. The van der Waals surface area contributed by atoms with Crippen LogP contribution in [0.3, 0.4) is 0 Å². The number of carbonyl (C=O) groups excluding carboxylic acids is 1. The summed E-state index contributed by atoms with van der Waals surface area (Å²) >= 11 is 0. The van der Waals surface area contributed by atoms with E-state index in [1.165, 1.54) is 0 Å². The zero-order valence-corrected chi connectivity index (χ0v) is 15.2. The Bertz CT molecular complexity index is 931. The molecule has 3 aromatic rings. The highest BCUT2D eigenvalue weighted by atomic mass is 16.1. The summed E-state index contributed by atoms with van der Waals surface area (Å²) in [6.07, 6.45) is 2.51. The van der Waals surface area contributed by atoms with Gasteiger partial charge in [0.2, 0.25) is 0 Å². The van der Waals surface area contributed by atoms with Gasteiger partial charge >= 0.3 is 0 Å². The molecule has 0 bridgehead atoms. The average Bonchev–Trinajstić information content (AvgIpc) is 3.05. The van der Waals surface area contributed by atoms with Gasteiger partial charge in [0, 0.05) is 30.1 Å². The molecule has 0 spiro atoms. The molecule has 0 aliphatic heterocycles. The maximum Gasteiger partial charge on any atom is 0.251 e. The standard InChI is InChI=1S/C20H23N5O/c1-4-17(18-10-11-22-25(18)3)24-20(26)15-7-5-6-14(12-15)16-9-8-13(2)23-19(16)21/h5-12,17H,4H2,1-3H3,(H2,21,23)(H,24,26). The number of nitrogens with one attached hydrogen (secondary N) is 1. The topological polar surface area (TPSA) is 85.8 Å². The van der Waals surface area contributed by atoms with Gasteiger partial charge in [-0.25, -0.2) is 4.98 Å². The van der Waals surface area contributed by atoms with E-state index in [-0.39, 0.29) is 11.9 Å². The highest BCUT2D eigenvalue weighted by Gasteiger charge is 2.17. The van der Waals surface area contributed by atoms with Gasteiger partial charge in [-0.1, -0.05) is 19.1 Å². The number of nitrogens with two attached hydrogens (primary N) is 1. The van der Waals surface area contributed by atoms with Crippen LogP contribution in [-0.2, 0) is 7.05 Å². The van der Waals surface area contributed by atoms with Crippen molar-refractivity contribution < 1.29 is 4.79 Å². The normalized spacial score (nSPS) is 12.0. The molecule has 1 atom stereocenters. The van der Waals surface area contributed by atoms with Gasteiger partial charge in [0.1, 0.15) is 5.82 Å². The molecule has 3 N–H and O–H groups in total. The largest absolute Gasteiger partial charge is 0.383 e. The molecular formula is C20H23N5O. The van der Waals surface area contributed by atoms with E-state index in [4.69, 9.17) is 5.73 Å². The van der Waals surface area contributed by atoms with Crippen LogP contribution in [-0.4, -0.2) is 20.7 Å². The number of hydrogen-bond acceptors (Lipinski definition) is 4. The number of nitrogens with zero attached hydrogens (tertiary/aromatic N) is 3. The Balaban J connectivity index is 1.85. The first-order valence-electron chi connectivity index (χ1n) is 8.62. The third kappa shape index (κ3) is 3.59. The third-order valence-electron chi connectivity index (χ3n) is 4.43. The number of aromatic nitrogens is 3. The van der Waals surface area contributed by atoms with Gasteiger partial charge in [0.05, 0.1) is 11.7 Å². The van der Waals surface area contributed by atoms with E-state index in [9.17, 15) is 4.79 Å². The van der Waals surface area contributed by atoms with Crippen LogP contribution >= 0.6 is 0 Å². The Morgan fingerprint density at radius 1 is 1.27 bits per heavy atom. The van der Waals surface area contributed by atoms with Gasteiger partial charge in [-0.3, -0.25) is 9.48 Å². The predicted molar refractivity (Wildman–Crippen MR) is 103 cm³/mol. The fourth-order valence-electron chi connectivity index (χ4n) is 3.00. The van der Waals surface area contributed by atoms with Gasteiger partial charge in [-0.15, -0.1) is 0 Å². The summed E-state index contributed by atoms with van der Waals surface area (Å²) in [6.45, 7) is 3.93. The van der Waals surface area contributed by atoms with Crippen molar-refractivity contribution in [3.63, 3.8) is 0 Å². The summed E-state index contributed by atoms with van der Waals surface area (Å²) in [5.74, 6) is 0.336. The zero-order valence-electron chi connectivity index (χ0n) is 15.2. The molecule has 0 fully saturated rings. The Labute approximate surface area is 153 Å². The lowest BCUT2D eigenvalue weighted by molar-refractivity contribution is 0.0934. The molecule has 0 aliphatic carbocycles. The van der Waals surface area contributed by atoms with Gasteiger partial charge in [-0.05, 0) is 49.2 Å². The molecule has 0 aliphatic rings. The number of carbonyl (C=O) groups is 1. The Kier molecular flexibility index (Phi) is 5.02. The maximum absolute atomic E-state index is 12.8. The summed E-state index contributed by atoms with van der Waals surface area (Å²) in [4.78, 5) is 17.1. The van der Waals surface area contributed by atoms with Crippen LogP contribution in [0.25, 0.3) is 11.1 Å². The van der Waals surface area contributed by atoms with E-state index < -0.39 is 0 Å². The van der Waals surface area contributed by atoms with Crippen molar-refractivity contribution in [3.8, 4) is 11.1 Å². The van der Waals surface area contributed by atoms with E-state index in [1.807, 2.05) is 57.3 Å². The summed E-state index contributed by atoms with van der Waals surface area (Å²) in [5, 5.41) is 7.26. The molecule has 26 heavy (non-hydrogen) atoms. The number of hydrogen-bond donors (Lipinski definition) is 2. The first-order chi connectivity index (χ1) is 12.5. The van der Waals surface area contributed by atoms with Crippen molar-refractivity contribution in [2.75, 3.05) is 5.73 Å². The molecule has 6 nitrogen and oxygen atoms in total. The van der Waals surface area contributed by atoms with E-state index >= 15 is 0 Å². The number of anilines is 1. The van der Waals surface area contributed by atoms with Crippen molar-refractivity contribution in [3.05, 3.63) is 65.6 Å². The van der Waals surface area contributed by atoms with E-state index in [0.29, 0.717) is 11.4 Å². The monoisotopic (exact) mass is 349 g/mol. The van der Waals surface area contributed by atoms with Gasteiger partial charge < -0.3 is 11.1 Å². The van der Waals surface area contributed by atoms with Crippen LogP contribution < -0.4 is 11.1 Å². The van der Waals surface area contributed by atoms with E-state index in [1.54, 1.807) is 16.9 Å². The third-order valence-corrected chi connectivity index (χ3v) is 4.43. The lowest BCUT2D eigenvalue weighted by atomic mass is 10.0. The molecular weight excluding hydrogens is 326 g/mol. The number of rotatable bonds is 5. The molecule has 6 heteroatoms. The van der Waals surface area contributed by atoms with Crippen LogP contribution in [0.15, 0.2) is 48.7 Å². The van der Waals surface area contributed by atoms with Crippen LogP contribution in [0.1, 0.15) is 41.1 Å². The molecule has 0 saturated carbocycles. The second-order valence-electron chi connectivity index (χ2n) is 6.28. The highest BCUT2D eigenvalue weighted by molar-refractivity contribution is 5.96. The molecule has 0 saturated heterocycles. The van der Waals surface area contributed by atoms with Crippen LogP contribution in [0.4, 0.5) is 5.82 Å². The average molecular weight is 349 g/mol. The Hall–Kier alpha value is -3.15. The highest BCUT2D eigenvalue weighted by Crippen LogP contribution is 2.26. The van der Waals surface area contributed by atoms with Crippen LogP contribution in [0.2, 0.25) is 0 Å². The van der Waals surface area contributed by atoms with Crippen molar-refractivity contribution in [1.29, 1.82) is 0 Å². The molecule has 2 heterocycles. The first-order valence-corrected chi connectivity index (χ1v) is 8.62.